The Kier molecular flexibility index (Phi) is 7.11. The Morgan fingerprint density at radius 2 is 1.87 bits per heavy atom. The van der Waals surface area contributed by atoms with E-state index in [1.54, 1.807) is 23.2 Å². The average Bonchev–Trinajstić information content (AvgIpc) is 2.78. The molecule has 4 heterocycles. The van der Waals surface area contributed by atoms with Crippen molar-refractivity contribution in [2.24, 2.45) is 5.92 Å². The highest BCUT2D eigenvalue weighted by Crippen LogP contribution is 2.31. The molecule has 0 bridgehead atoms. The van der Waals surface area contributed by atoms with Crippen LogP contribution in [0.1, 0.15) is 38.5 Å². The number of nitrogens with zero attached hydrogens (tertiary/aromatic N) is 3. The number of amides is 1. The number of ether oxygens (including phenoxy) is 2. The number of piperidine rings is 2. The van der Waals surface area contributed by atoms with Crippen LogP contribution in [0.15, 0.2) is 18.3 Å². The van der Waals surface area contributed by atoms with Gasteiger partial charge in [0.2, 0.25) is 5.88 Å². The summed E-state index contributed by atoms with van der Waals surface area (Å²) in [6.45, 7) is 5.01. The molecular weight excluding hydrogens is 409 g/mol. The molecule has 3 saturated heterocycles. The fraction of sp³-hybridized carbons (Fsp3) is 0.727. The van der Waals surface area contributed by atoms with Crippen molar-refractivity contribution in [3.8, 4) is 5.88 Å². The number of hydrogen-bond acceptors (Lipinski definition) is 5. The van der Waals surface area contributed by atoms with E-state index in [0.29, 0.717) is 68.7 Å². The lowest BCUT2D eigenvalue weighted by atomic mass is 9.89. The fourth-order valence-electron chi connectivity index (χ4n) is 4.66. The van der Waals surface area contributed by atoms with E-state index in [1.807, 2.05) is 0 Å². The maximum atomic E-state index is 15.5. The molecule has 1 amide bonds. The van der Waals surface area contributed by atoms with Crippen LogP contribution in [-0.4, -0.2) is 78.4 Å². The zero-order valence-electron chi connectivity index (χ0n) is 17.4. The number of rotatable bonds is 5. The van der Waals surface area contributed by atoms with Crippen LogP contribution >= 0.6 is 11.6 Å². The second kappa shape index (κ2) is 9.79. The predicted molar refractivity (Wildman–Crippen MR) is 113 cm³/mol. The van der Waals surface area contributed by atoms with Crippen molar-refractivity contribution < 1.29 is 18.7 Å². The van der Waals surface area contributed by atoms with Crippen molar-refractivity contribution in [2.75, 3.05) is 45.9 Å². The van der Waals surface area contributed by atoms with E-state index >= 15 is 4.39 Å². The van der Waals surface area contributed by atoms with Gasteiger partial charge in [-0.25, -0.2) is 9.37 Å². The van der Waals surface area contributed by atoms with Crippen molar-refractivity contribution in [2.45, 2.75) is 50.3 Å². The molecule has 0 unspecified atom stereocenters. The highest BCUT2D eigenvalue weighted by atomic mass is 35.5. The molecule has 0 atom stereocenters. The van der Waals surface area contributed by atoms with Crippen molar-refractivity contribution in [1.82, 2.24) is 14.8 Å². The molecule has 8 heteroatoms. The molecular formula is C22H31ClFN3O3. The highest BCUT2D eigenvalue weighted by molar-refractivity contribution is 6.30. The van der Waals surface area contributed by atoms with Gasteiger partial charge in [-0.3, -0.25) is 4.79 Å². The molecule has 3 fully saturated rings. The molecule has 0 spiro atoms. The van der Waals surface area contributed by atoms with E-state index < -0.39 is 5.67 Å². The number of carbonyl (C=O) groups is 1. The quantitative estimate of drug-likeness (QED) is 0.704. The van der Waals surface area contributed by atoms with Crippen LogP contribution in [0.4, 0.5) is 4.39 Å². The van der Waals surface area contributed by atoms with Crippen LogP contribution in [0.3, 0.4) is 0 Å². The van der Waals surface area contributed by atoms with Crippen LogP contribution in [0.25, 0.3) is 0 Å². The number of hydrogen-bond donors (Lipinski definition) is 0. The lowest BCUT2D eigenvalue weighted by Crippen LogP contribution is -2.55. The van der Waals surface area contributed by atoms with Crippen LogP contribution in [-0.2, 0) is 9.53 Å². The summed E-state index contributed by atoms with van der Waals surface area (Å²) in [4.78, 5) is 21.1. The summed E-state index contributed by atoms with van der Waals surface area (Å²) in [6, 6.07) is 3.48. The van der Waals surface area contributed by atoms with Crippen molar-refractivity contribution in [1.29, 1.82) is 0 Å². The summed E-state index contributed by atoms with van der Waals surface area (Å²) < 4.78 is 26.8. The van der Waals surface area contributed by atoms with Crippen LogP contribution in [0.2, 0.25) is 5.02 Å². The first-order chi connectivity index (χ1) is 14.5. The Bertz CT molecular complexity index is 698. The summed E-state index contributed by atoms with van der Waals surface area (Å²) in [6.07, 6.45) is 5.65. The van der Waals surface area contributed by atoms with Gasteiger partial charge in [-0.2, -0.15) is 0 Å². The minimum absolute atomic E-state index is 0.0143. The van der Waals surface area contributed by atoms with E-state index in [4.69, 9.17) is 21.1 Å². The summed E-state index contributed by atoms with van der Waals surface area (Å²) in [5, 5.41) is 0.565. The van der Waals surface area contributed by atoms with E-state index in [1.165, 1.54) is 0 Å². The first kappa shape index (κ1) is 21.8. The molecule has 30 heavy (non-hydrogen) atoms. The third kappa shape index (κ3) is 5.42. The van der Waals surface area contributed by atoms with Crippen LogP contribution in [0, 0.1) is 5.92 Å². The summed E-state index contributed by atoms with van der Waals surface area (Å²) in [5.41, 5.74) is -1.72. The Labute approximate surface area is 182 Å². The summed E-state index contributed by atoms with van der Waals surface area (Å²) in [7, 11) is 0. The molecule has 166 valence electrons. The van der Waals surface area contributed by atoms with Crippen molar-refractivity contribution in [3.63, 3.8) is 0 Å². The lowest BCUT2D eigenvalue weighted by Gasteiger charge is -2.41. The standard InChI is InChI=1S/C22H31ClFN3O3/c23-18-1-2-20(25-15-18)30-19-3-9-27(10-4-19)21(28)22(24)7-11-26(12-8-22)16-17-5-13-29-14-6-17/h1-2,15,17,19H,3-14,16H2. The first-order valence-corrected chi connectivity index (χ1v) is 11.5. The van der Waals surface area contributed by atoms with E-state index in [2.05, 4.69) is 9.88 Å². The average molecular weight is 440 g/mol. The van der Waals surface area contributed by atoms with Gasteiger partial charge < -0.3 is 19.3 Å². The SMILES string of the molecule is O=C(N1CCC(Oc2ccc(Cl)cn2)CC1)C1(F)CCN(CC2CCOCC2)CC1. The smallest absolute Gasteiger partial charge is 0.260 e. The number of halogens is 2. The molecule has 0 N–H and O–H groups in total. The van der Waals surface area contributed by atoms with Gasteiger partial charge >= 0.3 is 0 Å². The number of likely N-dealkylation sites (tertiary alicyclic amines) is 2. The Morgan fingerprint density at radius 1 is 1.17 bits per heavy atom. The van der Waals surface area contributed by atoms with Gasteiger partial charge in [0, 0.05) is 83.9 Å². The van der Waals surface area contributed by atoms with Gasteiger partial charge in [0.1, 0.15) is 6.10 Å². The van der Waals surface area contributed by atoms with Crippen molar-refractivity contribution in [3.05, 3.63) is 23.4 Å². The van der Waals surface area contributed by atoms with E-state index in [0.717, 1.165) is 32.6 Å². The Hall–Kier alpha value is -1.44. The van der Waals surface area contributed by atoms with Gasteiger partial charge in [0.15, 0.2) is 5.67 Å². The number of aromatic nitrogens is 1. The van der Waals surface area contributed by atoms with Gasteiger partial charge in [0.25, 0.3) is 5.91 Å². The molecule has 0 radical (unpaired) electrons. The van der Waals surface area contributed by atoms with Gasteiger partial charge in [0.05, 0.1) is 5.02 Å². The minimum atomic E-state index is -1.72. The monoisotopic (exact) mass is 439 g/mol. The molecule has 1 aromatic rings. The van der Waals surface area contributed by atoms with Gasteiger partial charge in [-0.05, 0) is 24.8 Å². The lowest BCUT2D eigenvalue weighted by molar-refractivity contribution is -0.149. The fourth-order valence-corrected chi connectivity index (χ4v) is 4.77. The second-order valence-electron chi connectivity index (χ2n) is 8.75. The maximum Gasteiger partial charge on any atom is 0.260 e. The number of alkyl halides is 1. The van der Waals surface area contributed by atoms with Crippen molar-refractivity contribution >= 4 is 17.5 Å². The zero-order valence-corrected chi connectivity index (χ0v) is 18.2. The Balaban J connectivity index is 1.22. The minimum Gasteiger partial charge on any atom is -0.474 e. The van der Waals surface area contributed by atoms with Gasteiger partial charge in [-0.15, -0.1) is 0 Å². The largest absolute Gasteiger partial charge is 0.474 e. The normalized spacial score (nSPS) is 24.0. The molecule has 0 aromatic carbocycles. The molecule has 4 rings (SSSR count). The predicted octanol–water partition coefficient (Wildman–Crippen LogP) is 3.34. The molecule has 0 aliphatic carbocycles. The van der Waals surface area contributed by atoms with E-state index in [-0.39, 0.29) is 12.0 Å². The maximum absolute atomic E-state index is 15.5. The highest BCUT2D eigenvalue weighted by Gasteiger charge is 2.45. The summed E-state index contributed by atoms with van der Waals surface area (Å²) >= 11 is 5.85. The zero-order chi connectivity index (χ0) is 21.0. The number of carbonyl (C=O) groups excluding carboxylic acids is 1. The van der Waals surface area contributed by atoms with Crippen LogP contribution in [0.5, 0.6) is 5.88 Å². The molecule has 3 aliphatic heterocycles. The first-order valence-electron chi connectivity index (χ1n) is 11.1. The molecule has 1 aromatic heterocycles. The molecule has 3 aliphatic rings. The van der Waals surface area contributed by atoms with E-state index in [9.17, 15) is 4.79 Å². The Morgan fingerprint density at radius 3 is 2.50 bits per heavy atom. The van der Waals surface area contributed by atoms with Gasteiger partial charge in [-0.1, -0.05) is 11.6 Å². The third-order valence-electron chi connectivity index (χ3n) is 6.61. The molecule has 6 nitrogen and oxygen atoms in total. The topological polar surface area (TPSA) is 54.9 Å². The molecule has 0 saturated carbocycles. The summed E-state index contributed by atoms with van der Waals surface area (Å²) in [5.74, 6) is 0.829. The third-order valence-corrected chi connectivity index (χ3v) is 6.83. The number of pyridine rings is 1. The second-order valence-corrected chi connectivity index (χ2v) is 9.18. The van der Waals surface area contributed by atoms with Crippen LogP contribution < -0.4 is 4.74 Å².